The normalized spacial score (nSPS) is 7.58. The van der Waals surface area contributed by atoms with Crippen molar-refractivity contribution in [2.24, 2.45) is 0 Å². The zero-order valence-corrected chi connectivity index (χ0v) is 8.99. The van der Waals surface area contributed by atoms with Crippen molar-refractivity contribution in [3.63, 3.8) is 0 Å². The van der Waals surface area contributed by atoms with E-state index in [0.717, 1.165) is 6.42 Å². The maximum Gasteiger partial charge on any atom is 2.00 e. The molecular formula is C11H16Mn. The molecule has 0 aliphatic heterocycles. The monoisotopic (exact) mass is 203 g/mol. The van der Waals surface area contributed by atoms with Crippen molar-refractivity contribution in [3.8, 4) is 0 Å². The SMILES string of the molecule is Cc1[c-]cccc1.[CH2-]CCC.[Mn+2]. The fourth-order valence-corrected chi connectivity index (χ4v) is 0.483. The Morgan fingerprint density at radius 2 is 2.00 bits per heavy atom. The molecule has 1 aromatic carbocycles. The molecule has 0 nitrogen and oxygen atoms in total. The van der Waals surface area contributed by atoms with Crippen LogP contribution in [-0.4, -0.2) is 0 Å². The Hall–Kier alpha value is -0.261. The Balaban J connectivity index is 0. The summed E-state index contributed by atoms with van der Waals surface area (Å²) in [5.41, 5.74) is 1.20. The first-order valence-electron chi connectivity index (χ1n) is 4.03. The van der Waals surface area contributed by atoms with E-state index in [1.807, 2.05) is 31.2 Å². The average Bonchev–Trinajstić information content (AvgIpc) is 2.07. The molecule has 0 fully saturated rings. The predicted molar refractivity (Wildman–Crippen MR) is 50.3 cm³/mol. The number of benzene rings is 1. The molecule has 0 aliphatic carbocycles. The molecule has 12 heavy (non-hydrogen) atoms. The first-order chi connectivity index (χ1) is 5.31. The minimum absolute atomic E-state index is 0. The van der Waals surface area contributed by atoms with Crippen molar-refractivity contribution in [2.45, 2.75) is 26.7 Å². The minimum Gasteiger partial charge on any atom is -0.343 e. The van der Waals surface area contributed by atoms with Gasteiger partial charge in [-0.25, -0.2) is 0 Å². The van der Waals surface area contributed by atoms with Gasteiger partial charge in [0.25, 0.3) is 0 Å². The summed E-state index contributed by atoms with van der Waals surface area (Å²) in [4.78, 5) is 0. The standard InChI is InChI=1S/C7H7.C4H9.Mn/c1-7-5-3-2-4-6-7;1-3-4-2;/h2-5H,1H3;1,3-4H2,2H3;/q2*-1;+2. The molecular weight excluding hydrogens is 187 g/mol. The molecule has 0 amide bonds. The average molecular weight is 203 g/mol. The van der Waals surface area contributed by atoms with E-state index in [-0.39, 0.29) is 17.1 Å². The van der Waals surface area contributed by atoms with Crippen LogP contribution in [0, 0.1) is 19.9 Å². The quantitative estimate of drug-likeness (QED) is 0.484. The fraction of sp³-hybridized carbons (Fsp3) is 0.364. The van der Waals surface area contributed by atoms with Crippen LogP contribution in [0.25, 0.3) is 0 Å². The number of unbranched alkanes of at least 4 members (excludes halogenated alkanes) is 1. The Labute approximate surface area is 86.9 Å². The Morgan fingerprint density at radius 3 is 2.17 bits per heavy atom. The summed E-state index contributed by atoms with van der Waals surface area (Å²) in [6, 6.07) is 10.9. The molecule has 0 unspecified atom stereocenters. The molecule has 0 aliphatic rings. The molecule has 1 heteroatoms. The summed E-state index contributed by atoms with van der Waals surface area (Å²) < 4.78 is 0. The summed E-state index contributed by atoms with van der Waals surface area (Å²) in [7, 11) is 0. The van der Waals surface area contributed by atoms with Gasteiger partial charge in [-0.05, 0) is 0 Å². The van der Waals surface area contributed by atoms with Crippen LogP contribution in [0.1, 0.15) is 25.3 Å². The van der Waals surface area contributed by atoms with Crippen LogP contribution in [0.2, 0.25) is 0 Å². The van der Waals surface area contributed by atoms with E-state index < -0.39 is 0 Å². The molecule has 1 rings (SSSR count). The smallest absolute Gasteiger partial charge is 0.343 e. The topological polar surface area (TPSA) is 0 Å². The van der Waals surface area contributed by atoms with Crippen LogP contribution in [0.3, 0.4) is 0 Å². The van der Waals surface area contributed by atoms with E-state index in [1.165, 1.54) is 12.0 Å². The van der Waals surface area contributed by atoms with Crippen LogP contribution in [0.15, 0.2) is 24.3 Å². The van der Waals surface area contributed by atoms with E-state index in [2.05, 4.69) is 19.9 Å². The maximum absolute atomic E-state index is 3.60. The van der Waals surface area contributed by atoms with Crippen molar-refractivity contribution < 1.29 is 17.1 Å². The van der Waals surface area contributed by atoms with E-state index in [4.69, 9.17) is 0 Å². The molecule has 0 N–H and O–H groups in total. The molecule has 0 saturated carbocycles. The zero-order valence-electron chi connectivity index (χ0n) is 7.81. The first-order valence-corrected chi connectivity index (χ1v) is 4.03. The van der Waals surface area contributed by atoms with Crippen LogP contribution < -0.4 is 0 Å². The van der Waals surface area contributed by atoms with Crippen molar-refractivity contribution in [1.29, 1.82) is 0 Å². The van der Waals surface area contributed by atoms with Gasteiger partial charge in [0.2, 0.25) is 0 Å². The first kappa shape index (κ1) is 14.3. The number of hydrogen-bond acceptors (Lipinski definition) is 0. The third kappa shape index (κ3) is 9.74. The second-order valence-corrected chi connectivity index (χ2v) is 2.40. The van der Waals surface area contributed by atoms with Crippen molar-refractivity contribution >= 4 is 0 Å². The van der Waals surface area contributed by atoms with Crippen molar-refractivity contribution in [2.75, 3.05) is 0 Å². The van der Waals surface area contributed by atoms with Crippen LogP contribution in [-0.2, 0) is 17.1 Å². The molecule has 67 valence electrons. The van der Waals surface area contributed by atoms with E-state index in [0.29, 0.717) is 0 Å². The van der Waals surface area contributed by atoms with Crippen LogP contribution in [0.5, 0.6) is 0 Å². The van der Waals surface area contributed by atoms with Gasteiger partial charge in [-0.2, -0.15) is 42.3 Å². The van der Waals surface area contributed by atoms with E-state index in [9.17, 15) is 0 Å². The number of rotatable bonds is 1. The van der Waals surface area contributed by atoms with Crippen molar-refractivity contribution in [3.05, 3.63) is 42.8 Å². The Kier molecular flexibility index (Phi) is 12.8. The maximum atomic E-state index is 3.60. The summed E-state index contributed by atoms with van der Waals surface area (Å²) in [5, 5.41) is 0. The van der Waals surface area contributed by atoms with Crippen molar-refractivity contribution in [1.82, 2.24) is 0 Å². The molecule has 1 aromatic rings. The van der Waals surface area contributed by atoms with Gasteiger partial charge >= 0.3 is 17.1 Å². The van der Waals surface area contributed by atoms with Gasteiger partial charge in [-0.15, -0.1) is 0 Å². The predicted octanol–water partition coefficient (Wildman–Crippen LogP) is 3.41. The van der Waals surface area contributed by atoms with E-state index >= 15 is 0 Å². The minimum atomic E-state index is 0. The van der Waals surface area contributed by atoms with Gasteiger partial charge in [0.1, 0.15) is 0 Å². The second-order valence-electron chi connectivity index (χ2n) is 2.40. The number of hydrogen-bond donors (Lipinski definition) is 0. The largest absolute Gasteiger partial charge is 2.00 e. The Morgan fingerprint density at radius 1 is 1.42 bits per heavy atom. The summed E-state index contributed by atoms with van der Waals surface area (Å²) >= 11 is 0. The van der Waals surface area contributed by atoms with Gasteiger partial charge in [-0.1, -0.05) is 20.3 Å². The molecule has 0 heterocycles. The summed E-state index contributed by atoms with van der Waals surface area (Å²) in [6.45, 7) is 7.75. The molecule has 0 bridgehead atoms. The molecule has 0 aromatic heterocycles. The third-order valence-electron chi connectivity index (χ3n) is 1.22. The second kappa shape index (κ2) is 10.7. The molecule has 0 saturated heterocycles. The Bertz CT molecular complexity index is 156. The van der Waals surface area contributed by atoms with Gasteiger partial charge in [0.15, 0.2) is 0 Å². The molecule has 0 atom stereocenters. The summed E-state index contributed by atoms with van der Waals surface area (Å²) in [6.07, 6.45) is 2.28. The zero-order chi connectivity index (χ0) is 8.53. The third-order valence-corrected chi connectivity index (χ3v) is 1.22. The van der Waals surface area contributed by atoms with Gasteiger partial charge in [-0.3, -0.25) is 0 Å². The van der Waals surface area contributed by atoms with Gasteiger partial charge in [0.05, 0.1) is 0 Å². The van der Waals surface area contributed by atoms with Gasteiger partial charge < -0.3 is 6.92 Å². The van der Waals surface area contributed by atoms with Crippen LogP contribution in [0.4, 0.5) is 0 Å². The number of aryl methyl sites for hydroxylation is 1. The summed E-state index contributed by atoms with van der Waals surface area (Å²) in [5.74, 6) is 0. The molecule has 1 radical (unpaired) electrons. The van der Waals surface area contributed by atoms with Gasteiger partial charge in [0, 0.05) is 0 Å². The fourth-order valence-electron chi connectivity index (χ4n) is 0.483. The molecule has 0 spiro atoms. The van der Waals surface area contributed by atoms with E-state index in [1.54, 1.807) is 0 Å². The van der Waals surface area contributed by atoms with Crippen LogP contribution >= 0.6 is 0 Å².